The fourth-order valence-electron chi connectivity index (χ4n) is 0.938. The van der Waals surface area contributed by atoms with Gasteiger partial charge in [0.1, 0.15) is 0 Å². The summed E-state index contributed by atoms with van der Waals surface area (Å²) in [6, 6.07) is 0. The van der Waals surface area contributed by atoms with Crippen LogP contribution in [0.15, 0.2) is 0 Å². The predicted molar refractivity (Wildman–Crippen MR) is 69.7 cm³/mol. The zero-order chi connectivity index (χ0) is 13.2. The molecule has 0 aliphatic carbocycles. The molecule has 0 N–H and O–H groups in total. The van der Waals surface area contributed by atoms with Gasteiger partial charge in [0.25, 0.3) is 0 Å². The fraction of sp³-hybridized carbons (Fsp3) is 1.00. The van der Waals surface area contributed by atoms with Crippen LogP contribution in [0.3, 0.4) is 0 Å². The normalized spacial score (nSPS) is 14.6. The first-order valence-corrected chi connectivity index (χ1v) is 9.86. The van der Waals surface area contributed by atoms with Gasteiger partial charge in [-0.3, -0.25) is 0 Å². The molecule has 0 atom stereocenters. The molecule has 3 nitrogen and oxygen atoms in total. The molecule has 16 heavy (non-hydrogen) atoms. The van der Waals surface area contributed by atoms with Gasteiger partial charge in [-0.25, -0.2) is 0 Å². The molecule has 0 amide bonds. The van der Waals surface area contributed by atoms with Gasteiger partial charge in [0.2, 0.25) is 0 Å². The van der Waals surface area contributed by atoms with Gasteiger partial charge in [-0.1, -0.05) is 0 Å². The van der Waals surface area contributed by atoms with E-state index in [4.69, 9.17) is 9.22 Å². The Morgan fingerprint density at radius 1 is 0.500 bits per heavy atom. The van der Waals surface area contributed by atoms with Gasteiger partial charge in [-0.15, -0.1) is 0 Å². The molecule has 4 heteroatoms. The van der Waals surface area contributed by atoms with Crippen molar-refractivity contribution in [3.8, 4) is 0 Å². The third-order valence-corrected chi connectivity index (χ3v) is 9.05. The molecule has 98 valence electrons. The van der Waals surface area contributed by atoms with Gasteiger partial charge < -0.3 is 0 Å². The van der Waals surface area contributed by atoms with Crippen LogP contribution >= 0.6 is 0 Å². The zero-order valence-electron chi connectivity index (χ0n) is 12.3. The molecule has 0 aliphatic heterocycles. The third kappa shape index (κ3) is 11.2. The van der Waals surface area contributed by atoms with Crippen molar-refractivity contribution in [1.82, 2.24) is 0 Å². The summed E-state index contributed by atoms with van der Waals surface area (Å²) >= 11 is -2.86. The second kappa shape index (κ2) is 5.55. The summed E-state index contributed by atoms with van der Waals surface area (Å²) in [7, 11) is 0. The Kier molecular flexibility index (Phi) is 5.78. The molecule has 0 spiro atoms. The van der Waals surface area contributed by atoms with Crippen molar-refractivity contribution in [3.05, 3.63) is 0 Å². The van der Waals surface area contributed by atoms with E-state index in [1.807, 2.05) is 62.3 Å². The van der Waals surface area contributed by atoms with Crippen LogP contribution in [0.5, 0.6) is 0 Å². The molecule has 0 unspecified atom stereocenters. The first kappa shape index (κ1) is 16.7. The Balaban J connectivity index is 4.53. The molecule has 0 aromatic carbocycles. The van der Waals surface area contributed by atoms with E-state index in [-0.39, 0.29) is 16.8 Å². The Labute approximate surface area is 109 Å². The van der Waals surface area contributed by atoms with Crippen molar-refractivity contribution in [3.63, 3.8) is 0 Å². The van der Waals surface area contributed by atoms with E-state index in [1.165, 1.54) is 0 Å². The van der Waals surface area contributed by atoms with Gasteiger partial charge in [0, 0.05) is 0 Å². The summed E-state index contributed by atoms with van der Waals surface area (Å²) in [4.78, 5) is 0. The molecule has 0 saturated carbocycles. The van der Waals surface area contributed by atoms with E-state index < -0.39 is 21.0 Å². The maximum atomic E-state index is 5.96. The van der Waals surface area contributed by atoms with Crippen LogP contribution in [0.4, 0.5) is 0 Å². The quantitative estimate of drug-likeness (QED) is 0.740. The monoisotopic (exact) mass is 340 g/mol. The molecule has 0 bridgehead atoms. The van der Waals surface area contributed by atoms with Crippen LogP contribution < -0.4 is 0 Å². The fourth-order valence-corrected chi connectivity index (χ4v) is 6.29. The van der Waals surface area contributed by atoms with Gasteiger partial charge in [-0.05, 0) is 0 Å². The molecular weight excluding hydrogens is 311 g/mol. The van der Waals surface area contributed by atoms with Crippen LogP contribution in [0.2, 0.25) is 0 Å². The molecule has 0 aromatic rings. The number of rotatable bonds is 3. The zero-order valence-corrected chi connectivity index (χ0v) is 15.6. The van der Waals surface area contributed by atoms with Crippen LogP contribution in [-0.4, -0.2) is 37.8 Å². The van der Waals surface area contributed by atoms with Gasteiger partial charge in [-0.2, -0.15) is 0 Å². The second-order valence-corrected chi connectivity index (χ2v) is 10.6. The van der Waals surface area contributed by atoms with Crippen molar-refractivity contribution in [2.45, 2.75) is 79.1 Å². The standard InChI is InChI=1S/3C4H9O.Sn.H/c3*1-4(2,3)5;;/h3*1-3H3;;/q3*-1;+3;. The molecule has 0 radical (unpaired) electrons. The minimum absolute atomic E-state index is 0.197. The second-order valence-electron chi connectivity index (χ2n) is 6.98. The summed E-state index contributed by atoms with van der Waals surface area (Å²) in [6.45, 7) is 18.3. The Bertz CT molecular complexity index is 170. The van der Waals surface area contributed by atoms with Crippen molar-refractivity contribution in [1.29, 1.82) is 0 Å². The van der Waals surface area contributed by atoms with Gasteiger partial charge in [0.05, 0.1) is 0 Å². The van der Waals surface area contributed by atoms with Crippen molar-refractivity contribution < 1.29 is 9.22 Å². The molecule has 0 fully saturated rings. The van der Waals surface area contributed by atoms with E-state index in [0.717, 1.165) is 0 Å². The number of hydrogen-bond donors (Lipinski definition) is 0. The van der Waals surface area contributed by atoms with Crippen molar-refractivity contribution in [2.75, 3.05) is 0 Å². The average molecular weight is 339 g/mol. The predicted octanol–water partition coefficient (Wildman–Crippen LogP) is 3.15. The topological polar surface area (TPSA) is 27.7 Å². The summed E-state index contributed by atoms with van der Waals surface area (Å²) in [6.07, 6.45) is 0. The molecular formula is C12H28O3Sn. The molecule has 0 aromatic heterocycles. The van der Waals surface area contributed by atoms with Crippen molar-refractivity contribution in [2.24, 2.45) is 0 Å². The molecule has 0 rings (SSSR count). The van der Waals surface area contributed by atoms with Crippen LogP contribution in [0.1, 0.15) is 62.3 Å². The molecule has 0 heterocycles. The maximum absolute atomic E-state index is 5.96. The van der Waals surface area contributed by atoms with Crippen LogP contribution in [0, 0.1) is 0 Å². The average Bonchev–Trinajstić information content (AvgIpc) is 1.70. The first-order chi connectivity index (χ1) is 6.79. The summed E-state index contributed by atoms with van der Waals surface area (Å²) in [5, 5.41) is 0. The Morgan fingerprint density at radius 2 is 0.688 bits per heavy atom. The summed E-state index contributed by atoms with van der Waals surface area (Å²) < 4.78 is 17.9. The van der Waals surface area contributed by atoms with Gasteiger partial charge in [0.15, 0.2) is 0 Å². The molecule has 0 saturated heterocycles. The van der Waals surface area contributed by atoms with Crippen LogP contribution in [0.25, 0.3) is 0 Å². The van der Waals surface area contributed by atoms with E-state index >= 15 is 0 Å². The Morgan fingerprint density at radius 3 is 0.812 bits per heavy atom. The summed E-state index contributed by atoms with van der Waals surface area (Å²) in [5.74, 6) is 0. The Hall–Kier alpha value is 0.679. The van der Waals surface area contributed by atoms with E-state index in [1.54, 1.807) is 0 Å². The van der Waals surface area contributed by atoms with E-state index in [2.05, 4.69) is 0 Å². The van der Waals surface area contributed by atoms with E-state index in [0.29, 0.717) is 0 Å². The number of hydrogen-bond acceptors (Lipinski definition) is 3. The third-order valence-electron chi connectivity index (χ3n) is 1.35. The summed E-state index contributed by atoms with van der Waals surface area (Å²) in [5.41, 5.74) is -0.592. The van der Waals surface area contributed by atoms with Crippen LogP contribution in [-0.2, 0) is 9.22 Å². The first-order valence-electron chi connectivity index (χ1n) is 5.82. The SMILES string of the molecule is CC(C)(C)[O][SnH]([O]C(C)(C)C)[O]C(C)(C)C. The molecule has 0 aliphatic rings. The van der Waals surface area contributed by atoms with E-state index in [9.17, 15) is 0 Å². The minimum atomic E-state index is -2.86. The van der Waals surface area contributed by atoms with Crippen molar-refractivity contribution >= 4 is 21.0 Å². The van der Waals surface area contributed by atoms with Gasteiger partial charge >= 0.3 is 109 Å².